The van der Waals surface area contributed by atoms with Gasteiger partial charge in [0.1, 0.15) is 6.61 Å². The van der Waals surface area contributed by atoms with Crippen LogP contribution in [0.2, 0.25) is 0 Å². The summed E-state index contributed by atoms with van der Waals surface area (Å²) in [6.07, 6.45) is 21.2. The van der Waals surface area contributed by atoms with Gasteiger partial charge in [0.2, 0.25) is 5.88 Å². The normalized spacial score (nSPS) is 29.4. The highest BCUT2D eigenvalue weighted by atomic mass is 19.1. The molecule has 1 unspecified atom stereocenters. The molecule has 0 aliphatic heterocycles. The van der Waals surface area contributed by atoms with Crippen molar-refractivity contribution in [3.63, 3.8) is 0 Å². The van der Waals surface area contributed by atoms with Crippen LogP contribution in [0, 0.1) is 35.5 Å². The molecule has 0 bridgehead atoms. The highest BCUT2D eigenvalue weighted by Gasteiger charge is 2.33. The molecule has 0 N–H and O–H groups in total. The van der Waals surface area contributed by atoms with Crippen molar-refractivity contribution in [2.24, 2.45) is 29.6 Å². The van der Waals surface area contributed by atoms with E-state index in [1.807, 2.05) is 0 Å². The van der Waals surface area contributed by atoms with Crippen LogP contribution in [0.4, 0.5) is 4.39 Å². The number of nitrogens with zero attached hydrogens (tertiary/aromatic N) is 1. The van der Waals surface area contributed by atoms with Gasteiger partial charge < -0.3 is 9.47 Å². The van der Waals surface area contributed by atoms with Crippen molar-refractivity contribution in [2.45, 2.75) is 89.9 Å². The number of halogens is 1. The minimum atomic E-state index is -0.560. The van der Waals surface area contributed by atoms with Gasteiger partial charge in [-0.05, 0) is 99.0 Å². The fourth-order valence-electron chi connectivity index (χ4n) is 6.61. The zero-order valence-corrected chi connectivity index (χ0v) is 19.6. The van der Waals surface area contributed by atoms with Gasteiger partial charge in [0.15, 0.2) is 5.75 Å². The first-order chi connectivity index (χ1) is 15.7. The summed E-state index contributed by atoms with van der Waals surface area (Å²) < 4.78 is 25.8. The van der Waals surface area contributed by atoms with E-state index in [9.17, 15) is 4.39 Å². The van der Waals surface area contributed by atoms with Crippen LogP contribution in [0.3, 0.4) is 0 Å². The fraction of sp³-hybridized carbons (Fsp3) is 0.750. The zero-order chi connectivity index (χ0) is 21.8. The molecule has 0 radical (unpaired) electrons. The van der Waals surface area contributed by atoms with Crippen molar-refractivity contribution in [3.8, 4) is 11.6 Å². The first-order valence-corrected chi connectivity index (χ1v) is 13.3. The molecule has 3 fully saturated rings. The molecule has 5 rings (SSSR count). The van der Waals surface area contributed by atoms with Crippen LogP contribution >= 0.6 is 0 Å². The summed E-state index contributed by atoms with van der Waals surface area (Å²) in [5.41, 5.74) is 1.34. The quantitative estimate of drug-likeness (QED) is 0.309. The average molecular weight is 442 g/mol. The number of allylic oxidation sites excluding steroid dienone is 1. The van der Waals surface area contributed by atoms with Crippen LogP contribution in [0.5, 0.6) is 11.6 Å². The number of ether oxygens (including phenoxy) is 2. The molecule has 1 heterocycles. The van der Waals surface area contributed by atoms with Crippen LogP contribution in [0.25, 0.3) is 0 Å². The molecule has 0 amide bonds. The molecule has 0 spiro atoms. The Kier molecular flexibility index (Phi) is 7.34. The molecule has 0 aromatic carbocycles. The van der Waals surface area contributed by atoms with Crippen LogP contribution in [-0.2, 0) is 0 Å². The van der Waals surface area contributed by atoms with Gasteiger partial charge in [-0.1, -0.05) is 38.2 Å². The third-order valence-electron chi connectivity index (χ3n) is 8.99. The lowest BCUT2D eigenvalue weighted by Gasteiger charge is -2.41. The number of rotatable bonds is 8. The van der Waals surface area contributed by atoms with Gasteiger partial charge in [-0.25, -0.2) is 0 Å². The third-order valence-corrected chi connectivity index (χ3v) is 8.99. The smallest absolute Gasteiger partial charge is 0.258 e. The molecule has 1 aromatic heterocycles. The number of aromatic nitrogens is 1. The van der Waals surface area contributed by atoms with E-state index in [4.69, 9.17) is 9.47 Å². The van der Waals surface area contributed by atoms with Crippen molar-refractivity contribution in [1.82, 2.24) is 4.98 Å². The van der Waals surface area contributed by atoms with Crippen LogP contribution in [0.1, 0.15) is 89.9 Å². The fourth-order valence-corrected chi connectivity index (χ4v) is 6.61. The summed E-state index contributed by atoms with van der Waals surface area (Å²) in [5, 5.41) is 0. The molecule has 3 nitrogen and oxygen atoms in total. The maximum Gasteiger partial charge on any atom is 0.258 e. The van der Waals surface area contributed by atoms with Gasteiger partial charge in [-0.2, -0.15) is 9.37 Å². The molecular weight excluding hydrogens is 401 g/mol. The Morgan fingerprint density at radius 1 is 0.781 bits per heavy atom. The average Bonchev–Trinajstić information content (AvgIpc) is 3.31. The third kappa shape index (κ3) is 5.48. The monoisotopic (exact) mass is 441 g/mol. The van der Waals surface area contributed by atoms with Gasteiger partial charge in [-0.15, -0.1) is 0 Å². The van der Waals surface area contributed by atoms with Crippen molar-refractivity contribution in [1.29, 1.82) is 0 Å². The lowest BCUT2D eigenvalue weighted by Crippen LogP contribution is -2.29. The predicted octanol–water partition coefficient (Wildman–Crippen LogP) is 7.50. The Morgan fingerprint density at radius 3 is 2.12 bits per heavy atom. The van der Waals surface area contributed by atoms with Crippen molar-refractivity contribution in [2.75, 3.05) is 13.2 Å². The highest BCUT2D eigenvalue weighted by Crippen LogP contribution is 2.45. The second-order valence-corrected chi connectivity index (χ2v) is 11.0. The molecule has 3 saturated carbocycles. The van der Waals surface area contributed by atoms with Gasteiger partial charge >= 0.3 is 0 Å². The minimum absolute atomic E-state index is 0.246. The van der Waals surface area contributed by atoms with Crippen molar-refractivity contribution < 1.29 is 13.9 Å². The molecule has 32 heavy (non-hydrogen) atoms. The Bertz CT molecular complexity index is 776. The largest absolute Gasteiger partial charge is 0.488 e. The Balaban J connectivity index is 1.04. The number of pyridine rings is 1. The van der Waals surface area contributed by atoms with E-state index in [1.54, 1.807) is 12.1 Å². The summed E-state index contributed by atoms with van der Waals surface area (Å²) in [5.74, 6) is 4.49. The summed E-state index contributed by atoms with van der Waals surface area (Å²) in [7, 11) is 0. The van der Waals surface area contributed by atoms with Gasteiger partial charge in [0, 0.05) is 6.07 Å². The summed E-state index contributed by atoms with van der Waals surface area (Å²) in [6.45, 7) is 1.12. The molecule has 1 aromatic rings. The maximum atomic E-state index is 14.3. The minimum Gasteiger partial charge on any atom is -0.488 e. The molecule has 4 heteroatoms. The van der Waals surface area contributed by atoms with Gasteiger partial charge in [-0.3, -0.25) is 0 Å². The molecule has 4 aliphatic carbocycles. The van der Waals surface area contributed by atoms with E-state index in [0.29, 0.717) is 25.0 Å². The molecule has 1 atom stereocenters. The Hall–Kier alpha value is -1.58. The lowest BCUT2D eigenvalue weighted by molar-refractivity contribution is 0.114. The maximum absolute atomic E-state index is 14.3. The second kappa shape index (κ2) is 10.6. The SMILES string of the molecule is Fc1nc(OCC2=CCC(C3CCC(C4CCC4)CC3)CC2)ccc1OCC1CCCC1. The summed E-state index contributed by atoms with van der Waals surface area (Å²) in [6, 6.07) is 3.40. The second-order valence-electron chi connectivity index (χ2n) is 11.0. The van der Waals surface area contributed by atoms with E-state index < -0.39 is 5.95 Å². The Labute approximate surface area is 193 Å². The van der Waals surface area contributed by atoms with E-state index in [1.165, 1.54) is 89.0 Å². The topological polar surface area (TPSA) is 31.4 Å². The van der Waals surface area contributed by atoms with Crippen LogP contribution in [0.15, 0.2) is 23.8 Å². The predicted molar refractivity (Wildman–Crippen MR) is 125 cm³/mol. The van der Waals surface area contributed by atoms with Gasteiger partial charge in [0.25, 0.3) is 5.95 Å². The van der Waals surface area contributed by atoms with Crippen molar-refractivity contribution >= 4 is 0 Å². The highest BCUT2D eigenvalue weighted by molar-refractivity contribution is 5.25. The number of hydrogen-bond donors (Lipinski definition) is 0. The standard InChI is InChI=1S/C28H40FNO2/c29-28-26(31-18-20-4-1-2-5-20)16-17-27(30-28)32-19-21-8-10-23(11-9-21)25-14-12-24(13-15-25)22-6-3-7-22/h8,16-17,20,22-25H,1-7,9-15,18-19H2. The number of hydrogen-bond acceptors (Lipinski definition) is 3. The Morgan fingerprint density at radius 2 is 1.50 bits per heavy atom. The van der Waals surface area contributed by atoms with E-state index in [0.717, 1.165) is 30.1 Å². The van der Waals surface area contributed by atoms with E-state index in [2.05, 4.69) is 11.1 Å². The lowest BCUT2D eigenvalue weighted by atomic mass is 9.65. The first-order valence-electron chi connectivity index (χ1n) is 13.3. The zero-order valence-electron chi connectivity index (χ0n) is 19.6. The molecule has 4 aliphatic rings. The van der Waals surface area contributed by atoms with Crippen LogP contribution in [-0.4, -0.2) is 18.2 Å². The van der Waals surface area contributed by atoms with Crippen LogP contribution < -0.4 is 9.47 Å². The summed E-state index contributed by atoms with van der Waals surface area (Å²) in [4.78, 5) is 3.98. The van der Waals surface area contributed by atoms with E-state index >= 15 is 0 Å². The molecule has 0 saturated heterocycles. The van der Waals surface area contributed by atoms with E-state index in [-0.39, 0.29) is 5.75 Å². The molecule has 176 valence electrons. The van der Waals surface area contributed by atoms with Gasteiger partial charge in [0.05, 0.1) is 6.61 Å². The summed E-state index contributed by atoms with van der Waals surface area (Å²) >= 11 is 0. The van der Waals surface area contributed by atoms with Crippen molar-refractivity contribution in [3.05, 3.63) is 29.7 Å². The first kappa shape index (κ1) is 22.2. The molecular formula is C28H40FNO2.